The van der Waals surface area contributed by atoms with Gasteiger partial charge in [-0.25, -0.2) is 9.79 Å². The minimum atomic E-state index is -0.782. The van der Waals surface area contributed by atoms with Crippen LogP contribution in [-0.4, -0.2) is 24.3 Å². The molecule has 0 bridgehead atoms. The van der Waals surface area contributed by atoms with Crippen LogP contribution in [0.5, 0.6) is 11.5 Å². The summed E-state index contributed by atoms with van der Waals surface area (Å²) >= 11 is 5.71. The largest absolute Gasteiger partial charge is 0.497 e. The summed E-state index contributed by atoms with van der Waals surface area (Å²) in [6.45, 7) is 2.18. The molecule has 0 fully saturated rings. The number of methoxy groups -OCH3 is 1. The highest BCUT2D eigenvalue weighted by molar-refractivity contribution is 14.1. The number of thiazole rings is 1. The standard InChI is InChI=1S/C37H27I2N3O5S/c1-3-46-36(44)31-32(23-9-5-4-6-10-23)41-37-42(33(31)24-13-15-27(45-2)16-14-24)35(43)30(48-37)19-22-17-28(38)34(29(39)18-22)47-21-26-12-8-7-11-25(26)20-40/h4-19,33H,3,21H2,1-2H3/b30-19-/t33-/m1/s1. The molecule has 0 spiro atoms. The van der Waals surface area contributed by atoms with E-state index in [2.05, 4.69) is 51.3 Å². The van der Waals surface area contributed by atoms with Crippen molar-refractivity contribution < 1.29 is 19.0 Å². The second-order valence-electron chi connectivity index (χ2n) is 10.6. The van der Waals surface area contributed by atoms with Crippen molar-refractivity contribution in [3.05, 3.63) is 151 Å². The second-order valence-corrected chi connectivity index (χ2v) is 13.9. The molecule has 0 aliphatic carbocycles. The van der Waals surface area contributed by atoms with Gasteiger partial charge in [-0.1, -0.05) is 72.0 Å². The molecular formula is C37H27I2N3O5S. The van der Waals surface area contributed by atoms with Crippen LogP contribution in [-0.2, 0) is 16.1 Å². The van der Waals surface area contributed by atoms with Gasteiger partial charge in [-0.05, 0) is 99.6 Å². The van der Waals surface area contributed by atoms with Crippen LogP contribution < -0.4 is 24.4 Å². The van der Waals surface area contributed by atoms with Gasteiger partial charge < -0.3 is 14.2 Å². The van der Waals surface area contributed by atoms with Crippen molar-refractivity contribution in [1.29, 1.82) is 5.26 Å². The van der Waals surface area contributed by atoms with E-state index in [1.807, 2.05) is 91.0 Å². The number of hydrogen-bond acceptors (Lipinski definition) is 8. The van der Waals surface area contributed by atoms with Crippen LogP contribution in [0.1, 0.15) is 40.8 Å². The fraction of sp³-hybridized carbons (Fsp3) is 0.135. The summed E-state index contributed by atoms with van der Waals surface area (Å²) in [6, 6.07) is 29.5. The number of benzene rings is 4. The summed E-state index contributed by atoms with van der Waals surface area (Å²) in [6.07, 6.45) is 1.84. The molecule has 5 aromatic rings. The van der Waals surface area contributed by atoms with Crippen LogP contribution in [0.15, 0.2) is 106 Å². The molecule has 1 aliphatic heterocycles. The fourth-order valence-electron chi connectivity index (χ4n) is 5.40. The Balaban J connectivity index is 1.47. The lowest BCUT2D eigenvalue weighted by molar-refractivity contribution is -0.138. The van der Waals surface area contributed by atoms with E-state index in [1.54, 1.807) is 24.7 Å². The smallest absolute Gasteiger partial charge is 0.338 e. The predicted molar refractivity (Wildman–Crippen MR) is 201 cm³/mol. The van der Waals surface area contributed by atoms with E-state index >= 15 is 0 Å². The van der Waals surface area contributed by atoms with E-state index in [-0.39, 0.29) is 24.3 Å². The molecule has 0 unspecified atom stereocenters. The van der Waals surface area contributed by atoms with Gasteiger partial charge in [-0.2, -0.15) is 5.26 Å². The average Bonchev–Trinajstić information content (AvgIpc) is 3.41. The zero-order chi connectivity index (χ0) is 33.8. The maximum Gasteiger partial charge on any atom is 0.338 e. The molecule has 0 radical (unpaired) electrons. The zero-order valence-electron chi connectivity index (χ0n) is 25.8. The second kappa shape index (κ2) is 14.9. The number of ether oxygens (including phenoxy) is 3. The normalized spacial score (nSPS) is 14.1. The van der Waals surface area contributed by atoms with Gasteiger partial charge in [0.25, 0.3) is 5.56 Å². The lowest BCUT2D eigenvalue weighted by Gasteiger charge is -2.26. The summed E-state index contributed by atoms with van der Waals surface area (Å²) in [5.41, 5.74) is 4.14. The molecule has 11 heteroatoms. The first kappa shape index (κ1) is 33.6. The molecule has 1 aliphatic rings. The highest BCUT2D eigenvalue weighted by Crippen LogP contribution is 2.36. The lowest BCUT2D eigenvalue weighted by atomic mass is 9.93. The molecule has 1 atom stereocenters. The number of nitrogens with zero attached hydrogens (tertiary/aromatic N) is 3. The van der Waals surface area contributed by atoms with Crippen LogP contribution in [0.3, 0.4) is 0 Å². The van der Waals surface area contributed by atoms with Crippen molar-refractivity contribution in [3.63, 3.8) is 0 Å². The molecule has 0 saturated heterocycles. The first-order valence-corrected chi connectivity index (χ1v) is 17.8. The van der Waals surface area contributed by atoms with Gasteiger partial charge in [0.15, 0.2) is 4.80 Å². The molecule has 48 heavy (non-hydrogen) atoms. The molecule has 2 heterocycles. The van der Waals surface area contributed by atoms with Crippen LogP contribution in [0.25, 0.3) is 11.8 Å². The molecule has 0 saturated carbocycles. The average molecular weight is 880 g/mol. The van der Waals surface area contributed by atoms with E-state index in [9.17, 15) is 14.9 Å². The van der Waals surface area contributed by atoms with Gasteiger partial charge >= 0.3 is 5.97 Å². The first-order valence-electron chi connectivity index (χ1n) is 14.8. The van der Waals surface area contributed by atoms with Gasteiger partial charge in [-0.15, -0.1) is 0 Å². The third-order valence-electron chi connectivity index (χ3n) is 7.63. The zero-order valence-corrected chi connectivity index (χ0v) is 30.9. The molecule has 4 aromatic carbocycles. The molecule has 0 N–H and O–H groups in total. The monoisotopic (exact) mass is 879 g/mol. The van der Waals surface area contributed by atoms with Gasteiger partial charge in [0.2, 0.25) is 0 Å². The van der Waals surface area contributed by atoms with Crippen LogP contribution >= 0.6 is 56.5 Å². The number of esters is 1. The van der Waals surface area contributed by atoms with E-state index < -0.39 is 12.0 Å². The Kier molecular flexibility index (Phi) is 10.4. The number of hydrogen-bond donors (Lipinski definition) is 0. The van der Waals surface area contributed by atoms with E-state index in [0.29, 0.717) is 32.1 Å². The molecule has 0 amide bonds. The molecule has 6 rings (SSSR count). The van der Waals surface area contributed by atoms with Crippen molar-refractivity contribution in [1.82, 2.24) is 4.57 Å². The minimum absolute atomic E-state index is 0.173. The third kappa shape index (κ3) is 6.83. The summed E-state index contributed by atoms with van der Waals surface area (Å²) in [5.74, 6) is 0.822. The number of carbonyl (C=O) groups excluding carboxylic acids is 1. The highest BCUT2D eigenvalue weighted by Gasteiger charge is 2.35. The summed E-state index contributed by atoms with van der Waals surface area (Å²) < 4.78 is 20.9. The number of aromatic nitrogens is 1. The van der Waals surface area contributed by atoms with Gasteiger partial charge in [0, 0.05) is 11.1 Å². The quantitative estimate of drug-likeness (QED) is 0.122. The van der Waals surface area contributed by atoms with Gasteiger partial charge in [0.05, 0.1) is 54.3 Å². The number of fused-ring (bicyclic) bond motifs is 1. The molecule has 1 aromatic heterocycles. The van der Waals surface area contributed by atoms with E-state index in [0.717, 1.165) is 29.4 Å². The number of rotatable bonds is 9. The Hall–Kier alpha value is -4.26. The van der Waals surface area contributed by atoms with Crippen molar-refractivity contribution in [2.24, 2.45) is 4.99 Å². The third-order valence-corrected chi connectivity index (χ3v) is 10.2. The number of carbonyl (C=O) groups is 1. The maximum absolute atomic E-state index is 14.3. The first-order chi connectivity index (χ1) is 23.3. The lowest BCUT2D eigenvalue weighted by Crippen LogP contribution is -2.40. The van der Waals surface area contributed by atoms with Crippen molar-refractivity contribution in [2.45, 2.75) is 19.6 Å². The predicted octanol–water partition coefficient (Wildman–Crippen LogP) is 6.60. The van der Waals surface area contributed by atoms with Crippen molar-refractivity contribution in [2.75, 3.05) is 13.7 Å². The molecular weight excluding hydrogens is 852 g/mol. The Morgan fingerprint density at radius 1 is 1.02 bits per heavy atom. The number of halogens is 2. The highest BCUT2D eigenvalue weighted by atomic mass is 127. The Bertz CT molecular complexity index is 2250. The number of nitriles is 1. The summed E-state index contributed by atoms with van der Waals surface area (Å²) in [4.78, 5) is 33.3. The summed E-state index contributed by atoms with van der Waals surface area (Å²) in [7, 11) is 1.59. The molecule has 240 valence electrons. The Labute approximate surface area is 307 Å². The SMILES string of the molecule is CCOC(=O)C1=C(c2ccccc2)N=c2s/c(=C\c3cc(I)c(OCc4ccccc4C#N)c(I)c3)c(=O)n2[C@@H]1c1ccc(OC)cc1. The topological polar surface area (TPSA) is 103 Å². The van der Waals surface area contributed by atoms with Gasteiger partial charge in [0.1, 0.15) is 18.1 Å². The van der Waals surface area contributed by atoms with E-state index in [4.69, 9.17) is 19.2 Å². The van der Waals surface area contributed by atoms with Crippen LogP contribution in [0.2, 0.25) is 0 Å². The van der Waals surface area contributed by atoms with Crippen molar-refractivity contribution >= 4 is 74.3 Å². The van der Waals surface area contributed by atoms with Gasteiger partial charge in [-0.3, -0.25) is 9.36 Å². The van der Waals surface area contributed by atoms with E-state index in [1.165, 1.54) is 11.3 Å². The van der Waals surface area contributed by atoms with Crippen LogP contribution in [0.4, 0.5) is 0 Å². The van der Waals surface area contributed by atoms with Crippen molar-refractivity contribution in [3.8, 4) is 17.6 Å². The Morgan fingerprint density at radius 2 is 1.71 bits per heavy atom. The fourth-order valence-corrected chi connectivity index (χ4v) is 8.53. The molecule has 8 nitrogen and oxygen atoms in total. The van der Waals surface area contributed by atoms with Crippen LogP contribution in [0, 0.1) is 18.5 Å². The maximum atomic E-state index is 14.3. The Morgan fingerprint density at radius 3 is 2.38 bits per heavy atom. The summed E-state index contributed by atoms with van der Waals surface area (Å²) in [5, 5.41) is 9.45. The minimum Gasteiger partial charge on any atom is -0.497 e.